The second-order valence-electron chi connectivity index (χ2n) is 3.73. The van der Waals surface area contributed by atoms with Crippen molar-refractivity contribution in [1.29, 1.82) is 0 Å². The lowest BCUT2D eigenvalue weighted by molar-refractivity contribution is -0.568. The molecule has 0 spiro atoms. The fraction of sp³-hybridized carbons (Fsp3) is 0.0667. The minimum Gasteiger partial charge on any atom is -0.497 e. The fourth-order valence-electron chi connectivity index (χ4n) is 1.52. The van der Waals surface area contributed by atoms with Gasteiger partial charge in [-0.25, -0.2) is 0 Å². The molecule has 0 amide bonds. The molecule has 1 aromatic carbocycles. The van der Waals surface area contributed by atoms with Crippen molar-refractivity contribution in [1.82, 2.24) is 0 Å². The zero-order valence-corrected chi connectivity index (χ0v) is 10.1. The summed E-state index contributed by atoms with van der Waals surface area (Å²) in [4.78, 5) is 11.9. The summed E-state index contributed by atoms with van der Waals surface area (Å²) < 4.78 is 6.87. The Morgan fingerprint density at radius 1 is 1.11 bits per heavy atom. The first-order valence-electron chi connectivity index (χ1n) is 5.62. The van der Waals surface area contributed by atoms with E-state index in [1.165, 1.54) is 0 Å². The summed E-state index contributed by atoms with van der Waals surface area (Å²) in [5.74, 6) is 0.710. The molecule has 0 radical (unpaired) electrons. The third-order valence-electron chi connectivity index (χ3n) is 2.51. The average Bonchev–Trinajstić information content (AvgIpc) is 2.46. The van der Waals surface area contributed by atoms with E-state index in [9.17, 15) is 4.79 Å². The number of hydrogen-bond donors (Lipinski definition) is 0. The van der Waals surface area contributed by atoms with Gasteiger partial charge in [-0.3, -0.25) is 4.79 Å². The molecule has 90 valence electrons. The van der Waals surface area contributed by atoms with E-state index < -0.39 is 0 Å². The van der Waals surface area contributed by atoms with Crippen LogP contribution in [0.25, 0.3) is 6.20 Å². The Balaban J connectivity index is 2.09. The van der Waals surface area contributed by atoms with Gasteiger partial charge in [0.1, 0.15) is 5.75 Å². The van der Waals surface area contributed by atoms with Crippen molar-refractivity contribution in [2.75, 3.05) is 7.11 Å². The molecule has 0 saturated carbocycles. The van der Waals surface area contributed by atoms with Gasteiger partial charge in [0.05, 0.1) is 13.2 Å². The molecule has 3 nitrogen and oxygen atoms in total. The normalized spacial score (nSPS) is 10.5. The summed E-state index contributed by atoms with van der Waals surface area (Å²) in [5, 5.41) is 0. The van der Waals surface area contributed by atoms with E-state index in [0.717, 1.165) is 5.75 Å². The second-order valence-corrected chi connectivity index (χ2v) is 3.73. The van der Waals surface area contributed by atoms with Gasteiger partial charge in [-0.05, 0) is 24.3 Å². The highest BCUT2D eigenvalue weighted by molar-refractivity contribution is 6.05. The molecule has 2 rings (SSSR count). The van der Waals surface area contributed by atoms with Gasteiger partial charge < -0.3 is 4.74 Å². The Bertz CT molecular complexity index is 544. The molecule has 18 heavy (non-hydrogen) atoms. The molecule has 0 saturated heterocycles. The molecular weight excluding hydrogens is 226 g/mol. The summed E-state index contributed by atoms with van der Waals surface area (Å²) in [5.41, 5.74) is 0.642. The molecule has 1 heterocycles. The second kappa shape index (κ2) is 5.77. The summed E-state index contributed by atoms with van der Waals surface area (Å²) in [6.45, 7) is 0. The highest BCUT2D eigenvalue weighted by Gasteiger charge is 2.03. The molecule has 3 heteroatoms. The number of aromatic nitrogens is 1. The average molecular weight is 240 g/mol. The van der Waals surface area contributed by atoms with Crippen LogP contribution < -0.4 is 9.30 Å². The van der Waals surface area contributed by atoms with Gasteiger partial charge in [0, 0.05) is 17.7 Å². The zero-order valence-electron chi connectivity index (χ0n) is 10.1. The van der Waals surface area contributed by atoms with Gasteiger partial charge in [0.15, 0.2) is 24.4 Å². The van der Waals surface area contributed by atoms with Crippen LogP contribution in [0.4, 0.5) is 0 Å². The van der Waals surface area contributed by atoms with Crippen molar-refractivity contribution in [2.45, 2.75) is 0 Å². The molecule has 0 bridgehead atoms. The lowest BCUT2D eigenvalue weighted by Crippen LogP contribution is -2.23. The molecule has 0 atom stereocenters. The first-order chi connectivity index (χ1) is 8.79. The van der Waals surface area contributed by atoms with E-state index >= 15 is 0 Å². The predicted octanol–water partition coefficient (Wildman–Crippen LogP) is 2.34. The SMILES string of the molecule is COc1ccc(C(=O)/C=C/[n+]2ccccc2)cc1. The number of rotatable bonds is 4. The van der Waals surface area contributed by atoms with E-state index in [1.807, 2.05) is 35.2 Å². The molecule has 1 aromatic heterocycles. The van der Waals surface area contributed by atoms with E-state index in [1.54, 1.807) is 43.7 Å². The van der Waals surface area contributed by atoms with Gasteiger partial charge in [0.25, 0.3) is 0 Å². The van der Waals surface area contributed by atoms with Crippen LogP contribution in [0.3, 0.4) is 0 Å². The van der Waals surface area contributed by atoms with E-state index in [0.29, 0.717) is 5.56 Å². The maximum Gasteiger partial charge on any atom is 0.191 e. The quantitative estimate of drug-likeness (QED) is 0.466. The number of allylic oxidation sites excluding steroid dienone is 1. The number of nitrogens with zero attached hydrogens (tertiary/aromatic N) is 1. The minimum absolute atomic E-state index is 0.0333. The number of carbonyl (C=O) groups excluding carboxylic acids is 1. The highest BCUT2D eigenvalue weighted by Crippen LogP contribution is 2.11. The standard InChI is InChI=1S/C15H14NO2/c1-18-14-7-5-13(6-8-14)15(17)9-12-16-10-3-2-4-11-16/h2-12H,1H3/q+1/b12-9+. The Morgan fingerprint density at radius 2 is 1.78 bits per heavy atom. The maximum absolute atomic E-state index is 11.9. The smallest absolute Gasteiger partial charge is 0.191 e. The number of benzene rings is 1. The lowest BCUT2D eigenvalue weighted by Gasteiger charge is -1.99. The third-order valence-corrected chi connectivity index (χ3v) is 2.51. The molecule has 0 N–H and O–H groups in total. The number of pyridine rings is 1. The number of hydrogen-bond acceptors (Lipinski definition) is 2. The fourth-order valence-corrected chi connectivity index (χ4v) is 1.52. The van der Waals surface area contributed by atoms with Crippen LogP contribution in [0.15, 0.2) is 60.9 Å². The van der Waals surface area contributed by atoms with Crippen LogP contribution in [0, 0.1) is 0 Å². The van der Waals surface area contributed by atoms with Crippen molar-refractivity contribution < 1.29 is 14.1 Å². The van der Waals surface area contributed by atoms with Crippen molar-refractivity contribution >= 4 is 12.0 Å². The summed E-state index contributed by atoms with van der Waals surface area (Å²) >= 11 is 0. The summed E-state index contributed by atoms with van der Waals surface area (Å²) in [6.07, 6.45) is 7.02. The van der Waals surface area contributed by atoms with Gasteiger partial charge in [-0.15, -0.1) is 0 Å². The van der Waals surface area contributed by atoms with E-state index in [-0.39, 0.29) is 5.78 Å². The van der Waals surface area contributed by atoms with Crippen LogP contribution in [0.5, 0.6) is 5.75 Å². The first-order valence-corrected chi connectivity index (χ1v) is 5.62. The van der Waals surface area contributed by atoms with Crippen LogP contribution in [-0.2, 0) is 0 Å². The predicted molar refractivity (Wildman–Crippen MR) is 69.3 cm³/mol. The van der Waals surface area contributed by atoms with Crippen molar-refractivity contribution in [3.8, 4) is 5.75 Å². The number of ketones is 1. The van der Waals surface area contributed by atoms with Gasteiger partial charge in [0.2, 0.25) is 0 Å². The van der Waals surface area contributed by atoms with E-state index in [2.05, 4.69) is 0 Å². The lowest BCUT2D eigenvalue weighted by atomic mass is 10.1. The van der Waals surface area contributed by atoms with Gasteiger partial charge in [-0.1, -0.05) is 6.07 Å². The van der Waals surface area contributed by atoms with Crippen LogP contribution in [0.1, 0.15) is 10.4 Å². The van der Waals surface area contributed by atoms with Crippen LogP contribution in [0.2, 0.25) is 0 Å². The van der Waals surface area contributed by atoms with Gasteiger partial charge in [-0.2, -0.15) is 4.57 Å². The van der Waals surface area contributed by atoms with Crippen molar-refractivity contribution in [2.24, 2.45) is 0 Å². The number of methoxy groups -OCH3 is 1. The monoisotopic (exact) mass is 240 g/mol. The Morgan fingerprint density at radius 3 is 2.39 bits per heavy atom. The zero-order chi connectivity index (χ0) is 12.8. The maximum atomic E-state index is 11.9. The Labute approximate surface area is 106 Å². The van der Waals surface area contributed by atoms with Crippen LogP contribution in [-0.4, -0.2) is 12.9 Å². The molecule has 0 aliphatic heterocycles. The summed E-state index contributed by atoms with van der Waals surface area (Å²) in [6, 6.07) is 12.8. The first kappa shape index (κ1) is 12.0. The highest BCUT2D eigenvalue weighted by atomic mass is 16.5. The van der Waals surface area contributed by atoms with Gasteiger partial charge >= 0.3 is 0 Å². The molecule has 0 aliphatic rings. The molecular formula is C15H14NO2+. The molecule has 0 unspecified atom stereocenters. The topological polar surface area (TPSA) is 30.2 Å². The Kier molecular flexibility index (Phi) is 3.86. The Hall–Kier alpha value is -2.42. The number of carbonyl (C=O) groups is 1. The summed E-state index contributed by atoms with van der Waals surface area (Å²) in [7, 11) is 1.60. The molecule has 2 aromatic rings. The molecule has 0 fully saturated rings. The third kappa shape index (κ3) is 3.04. The largest absolute Gasteiger partial charge is 0.497 e. The van der Waals surface area contributed by atoms with Crippen LogP contribution >= 0.6 is 0 Å². The number of ether oxygens (including phenoxy) is 1. The molecule has 0 aliphatic carbocycles. The van der Waals surface area contributed by atoms with Crippen molar-refractivity contribution in [3.05, 3.63) is 66.5 Å². The van der Waals surface area contributed by atoms with Crippen molar-refractivity contribution in [3.63, 3.8) is 0 Å². The van der Waals surface area contributed by atoms with E-state index in [4.69, 9.17) is 4.74 Å². The minimum atomic E-state index is -0.0333.